The first-order chi connectivity index (χ1) is 19.1. The summed E-state index contributed by atoms with van der Waals surface area (Å²) >= 11 is 0. The first kappa shape index (κ1) is 27.6. The Morgan fingerprint density at radius 1 is 0.872 bits per heavy atom. The number of carbonyl (C=O) groups is 1. The zero-order chi connectivity index (χ0) is 27.3. The Kier molecular flexibility index (Phi) is 10.3. The molecule has 0 saturated heterocycles. The molecule has 1 aromatic heterocycles. The van der Waals surface area contributed by atoms with Crippen LogP contribution in [0.3, 0.4) is 0 Å². The normalized spacial score (nSPS) is 11.3. The molecule has 0 N–H and O–H groups in total. The molecule has 4 rings (SSSR count). The van der Waals surface area contributed by atoms with E-state index in [0.717, 1.165) is 52.4 Å². The Bertz CT molecular complexity index is 1330. The highest BCUT2D eigenvalue weighted by Crippen LogP contribution is 2.23. The van der Waals surface area contributed by atoms with E-state index in [1.54, 1.807) is 0 Å². The molecule has 7 heteroatoms. The highest BCUT2D eigenvalue weighted by molar-refractivity contribution is 6.00. The second kappa shape index (κ2) is 14.5. The minimum Gasteiger partial charge on any atom is -0.487 e. The van der Waals surface area contributed by atoms with Crippen molar-refractivity contribution in [1.29, 1.82) is 0 Å². The van der Waals surface area contributed by atoms with E-state index in [-0.39, 0.29) is 5.97 Å². The Hall–Kier alpha value is -4.39. The number of rotatable bonds is 14. The van der Waals surface area contributed by atoms with Crippen LogP contribution in [0.4, 0.5) is 0 Å². The van der Waals surface area contributed by atoms with Crippen LogP contribution in [0.5, 0.6) is 5.75 Å². The number of oxazole rings is 1. The smallest absolute Gasteiger partial charge is 0.305 e. The van der Waals surface area contributed by atoms with Gasteiger partial charge in [-0.1, -0.05) is 65.8 Å². The molecule has 0 spiro atoms. The lowest BCUT2D eigenvalue weighted by Gasteiger charge is -2.08. The number of esters is 1. The van der Waals surface area contributed by atoms with E-state index < -0.39 is 0 Å². The number of benzene rings is 3. The Balaban J connectivity index is 1.28. The monoisotopic (exact) mass is 526 g/mol. The second-order valence-corrected chi connectivity index (χ2v) is 9.01. The molecule has 0 atom stereocenters. The topological polar surface area (TPSA) is 83.2 Å². The van der Waals surface area contributed by atoms with E-state index in [9.17, 15) is 4.79 Å². The summed E-state index contributed by atoms with van der Waals surface area (Å²) in [4.78, 5) is 21.9. The van der Waals surface area contributed by atoms with Gasteiger partial charge in [0, 0.05) is 12.0 Å². The van der Waals surface area contributed by atoms with E-state index in [1.165, 1.54) is 0 Å². The van der Waals surface area contributed by atoms with Gasteiger partial charge in [0.15, 0.2) is 0 Å². The molecule has 39 heavy (non-hydrogen) atoms. The highest BCUT2D eigenvalue weighted by Gasteiger charge is 2.12. The third-order valence-electron chi connectivity index (χ3n) is 6.08. The minimum absolute atomic E-state index is 0.160. The van der Waals surface area contributed by atoms with Crippen molar-refractivity contribution >= 4 is 11.7 Å². The van der Waals surface area contributed by atoms with Gasteiger partial charge in [0.05, 0.1) is 12.3 Å². The van der Waals surface area contributed by atoms with E-state index >= 15 is 0 Å². The SMILES string of the molecule is CCOC(=O)CCCCC(=NOCc1ccc(OCc2nc(-c3ccccc3)oc2C)cc1)c1ccccc1. The molecule has 0 bridgehead atoms. The molecular weight excluding hydrogens is 492 g/mol. The lowest BCUT2D eigenvalue weighted by Crippen LogP contribution is -2.05. The summed E-state index contributed by atoms with van der Waals surface area (Å²) in [5.74, 6) is 1.91. The van der Waals surface area contributed by atoms with E-state index in [2.05, 4.69) is 10.1 Å². The number of unbranched alkanes of at least 4 members (excludes halogenated alkanes) is 1. The zero-order valence-corrected chi connectivity index (χ0v) is 22.5. The van der Waals surface area contributed by atoms with Crippen LogP contribution in [0.25, 0.3) is 11.5 Å². The Morgan fingerprint density at radius 2 is 1.56 bits per heavy atom. The fraction of sp³-hybridized carbons (Fsp3) is 0.281. The number of aryl methyl sites for hydroxylation is 1. The second-order valence-electron chi connectivity index (χ2n) is 9.01. The average Bonchev–Trinajstić information content (AvgIpc) is 3.35. The lowest BCUT2D eigenvalue weighted by atomic mass is 10.0. The maximum Gasteiger partial charge on any atom is 0.305 e. The first-order valence-electron chi connectivity index (χ1n) is 13.3. The zero-order valence-electron chi connectivity index (χ0n) is 22.5. The third-order valence-corrected chi connectivity index (χ3v) is 6.08. The van der Waals surface area contributed by atoms with Gasteiger partial charge in [-0.25, -0.2) is 4.98 Å². The van der Waals surface area contributed by atoms with Gasteiger partial charge in [0.1, 0.15) is 30.4 Å². The fourth-order valence-electron chi connectivity index (χ4n) is 3.95. The van der Waals surface area contributed by atoms with Crippen LogP contribution in [0.1, 0.15) is 55.2 Å². The molecule has 0 saturated carbocycles. The van der Waals surface area contributed by atoms with Crippen molar-refractivity contribution in [3.8, 4) is 17.2 Å². The lowest BCUT2D eigenvalue weighted by molar-refractivity contribution is -0.143. The molecule has 3 aromatic carbocycles. The highest BCUT2D eigenvalue weighted by atomic mass is 16.6. The summed E-state index contributed by atoms with van der Waals surface area (Å²) < 4.78 is 16.8. The van der Waals surface area contributed by atoms with Crippen molar-refractivity contribution in [1.82, 2.24) is 4.98 Å². The van der Waals surface area contributed by atoms with Gasteiger partial charge >= 0.3 is 5.97 Å². The predicted molar refractivity (Wildman–Crippen MR) is 150 cm³/mol. The first-order valence-corrected chi connectivity index (χ1v) is 13.3. The maximum absolute atomic E-state index is 11.6. The summed E-state index contributed by atoms with van der Waals surface area (Å²) in [7, 11) is 0. The van der Waals surface area contributed by atoms with E-state index in [0.29, 0.717) is 38.6 Å². The predicted octanol–water partition coefficient (Wildman–Crippen LogP) is 7.27. The van der Waals surface area contributed by atoms with Crippen LogP contribution in [-0.4, -0.2) is 23.3 Å². The molecule has 0 amide bonds. The molecule has 4 aromatic rings. The van der Waals surface area contributed by atoms with Gasteiger partial charge in [-0.3, -0.25) is 4.79 Å². The van der Waals surface area contributed by atoms with Crippen LogP contribution >= 0.6 is 0 Å². The van der Waals surface area contributed by atoms with Crippen molar-refractivity contribution in [3.63, 3.8) is 0 Å². The molecule has 0 fully saturated rings. The largest absolute Gasteiger partial charge is 0.487 e. The van der Waals surface area contributed by atoms with Crippen LogP contribution in [-0.2, 0) is 27.6 Å². The van der Waals surface area contributed by atoms with Gasteiger partial charge in [0.25, 0.3) is 0 Å². The molecule has 0 unspecified atom stereocenters. The van der Waals surface area contributed by atoms with Crippen LogP contribution < -0.4 is 4.74 Å². The van der Waals surface area contributed by atoms with Gasteiger partial charge in [-0.05, 0) is 68.5 Å². The summed E-state index contributed by atoms with van der Waals surface area (Å²) in [5.41, 5.74) is 4.55. The van der Waals surface area contributed by atoms with Crippen molar-refractivity contribution in [3.05, 3.63) is 108 Å². The van der Waals surface area contributed by atoms with Gasteiger partial charge in [0.2, 0.25) is 5.89 Å². The fourth-order valence-corrected chi connectivity index (χ4v) is 3.95. The number of aromatic nitrogens is 1. The van der Waals surface area contributed by atoms with Crippen molar-refractivity contribution < 1.29 is 23.5 Å². The Morgan fingerprint density at radius 3 is 2.28 bits per heavy atom. The summed E-state index contributed by atoms with van der Waals surface area (Å²) in [6.07, 6.45) is 2.69. The van der Waals surface area contributed by atoms with Crippen LogP contribution in [0, 0.1) is 6.92 Å². The number of carbonyl (C=O) groups excluding carboxylic acids is 1. The number of hydrogen-bond donors (Lipinski definition) is 0. The van der Waals surface area contributed by atoms with Crippen LogP contribution in [0.2, 0.25) is 0 Å². The van der Waals surface area contributed by atoms with E-state index in [4.69, 9.17) is 18.7 Å². The molecular formula is C32H34N2O5. The number of oxime groups is 1. The van der Waals surface area contributed by atoms with Crippen molar-refractivity contribution in [2.45, 2.75) is 52.7 Å². The number of hydrogen-bond acceptors (Lipinski definition) is 7. The maximum atomic E-state index is 11.6. The molecule has 0 aliphatic carbocycles. The molecule has 7 nitrogen and oxygen atoms in total. The van der Waals surface area contributed by atoms with Gasteiger partial charge < -0.3 is 18.7 Å². The molecule has 0 aliphatic heterocycles. The molecule has 0 radical (unpaired) electrons. The summed E-state index contributed by atoms with van der Waals surface area (Å²) in [5, 5.41) is 4.43. The quantitative estimate of drug-likeness (QED) is 0.0743. The van der Waals surface area contributed by atoms with Gasteiger partial charge in [-0.2, -0.15) is 0 Å². The minimum atomic E-state index is -0.160. The van der Waals surface area contributed by atoms with Gasteiger partial charge in [-0.15, -0.1) is 0 Å². The molecule has 202 valence electrons. The standard InChI is InChI=1S/C32H34N2O5/c1-3-36-31(35)17-11-10-16-29(26-12-6-4-7-13-26)34-38-22-25-18-20-28(21-19-25)37-23-30-24(2)39-32(33-30)27-14-8-5-9-15-27/h4-9,12-15,18-21H,3,10-11,16-17,22-23H2,1-2H3. The van der Waals surface area contributed by atoms with Crippen molar-refractivity contribution in [2.75, 3.05) is 6.61 Å². The third kappa shape index (κ3) is 8.57. The van der Waals surface area contributed by atoms with Crippen LogP contribution in [0.15, 0.2) is 94.5 Å². The Labute approximate surface area is 229 Å². The summed E-state index contributed by atoms with van der Waals surface area (Å²) in [6.45, 7) is 4.77. The molecule has 0 aliphatic rings. The average molecular weight is 527 g/mol. The van der Waals surface area contributed by atoms with E-state index in [1.807, 2.05) is 98.8 Å². The summed E-state index contributed by atoms with van der Waals surface area (Å²) in [6, 6.07) is 27.5. The number of ether oxygens (including phenoxy) is 2. The number of nitrogens with zero attached hydrogens (tertiary/aromatic N) is 2. The van der Waals surface area contributed by atoms with Crippen molar-refractivity contribution in [2.24, 2.45) is 5.16 Å². The molecule has 1 heterocycles.